The predicted molar refractivity (Wildman–Crippen MR) is 91.6 cm³/mol. The number of anilines is 2. The molecular weight excluding hydrogens is 292 g/mol. The van der Waals surface area contributed by atoms with Crippen LogP contribution in [0.1, 0.15) is 47.0 Å². The first-order valence-corrected chi connectivity index (χ1v) is 8.38. The molecule has 1 amide bonds. The maximum atomic E-state index is 12.9. The molecule has 1 heterocycles. The fraction of sp³-hybridized carbons (Fsp3) is 0.556. The van der Waals surface area contributed by atoms with E-state index in [1.807, 2.05) is 52.0 Å². The minimum absolute atomic E-state index is 0.0573. The second-order valence-corrected chi connectivity index (χ2v) is 6.12. The summed E-state index contributed by atoms with van der Waals surface area (Å²) in [6, 6.07) is 6.73. The zero-order chi connectivity index (χ0) is 17.0. The van der Waals surface area contributed by atoms with E-state index < -0.39 is 6.04 Å². The molecule has 1 aromatic rings. The van der Waals surface area contributed by atoms with Gasteiger partial charge in [0, 0.05) is 0 Å². The second-order valence-electron chi connectivity index (χ2n) is 6.12. The molecular formula is C18H26N2O3. The van der Waals surface area contributed by atoms with Gasteiger partial charge in [-0.05, 0) is 38.8 Å². The smallest absolute Gasteiger partial charge is 0.329 e. The standard InChI is InChI=1S/C18H26N2O3/c1-5-9-14-17(21)20(15(6-2)18(22)23-12(3)4)16-11-8-7-10-13(16)19-14/h7-8,10-12,14-15,19H,5-6,9H2,1-4H3. The molecule has 0 saturated heterocycles. The Morgan fingerprint density at radius 1 is 1.30 bits per heavy atom. The van der Waals surface area contributed by atoms with Crippen molar-refractivity contribution in [3.8, 4) is 0 Å². The van der Waals surface area contributed by atoms with Gasteiger partial charge in [-0.25, -0.2) is 4.79 Å². The number of carbonyl (C=O) groups excluding carboxylic acids is 2. The van der Waals surface area contributed by atoms with Gasteiger partial charge in [0.1, 0.15) is 12.1 Å². The molecule has 2 atom stereocenters. The van der Waals surface area contributed by atoms with E-state index in [9.17, 15) is 9.59 Å². The van der Waals surface area contributed by atoms with Crippen LogP contribution in [0.2, 0.25) is 0 Å². The summed E-state index contributed by atoms with van der Waals surface area (Å²) in [6.07, 6.45) is 1.95. The first-order valence-electron chi connectivity index (χ1n) is 8.38. The molecule has 5 nitrogen and oxygen atoms in total. The number of ether oxygens (including phenoxy) is 1. The van der Waals surface area contributed by atoms with Gasteiger partial charge in [0.2, 0.25) is 5.91 Å². The molecule has 1 aromatic carbocycles. The topological polar surface area (TPSA) is 58.6 Å². The highest BCUT2D eigenvalue weighted by Gasteiger charge is 2.39. The number of amides is 1. The Morgan fingerprint density at radius 2 is 2.00 bits per heavy atom. The summed E-state index contributed by atoms with van der Waals surface area (Å²) >= 11 is 0. The Kier molecular flexibility index (Phi) is 5.64. The van der Waals surface area contributed by atoms with Gasteiger partial charge in [0.15, 0.2) is 0 Å². The van der Waals surface area contributed by atoms with Crippen LogP contribution < -0.4 is 10.2 Å². The summed E-state index contributed by atoms with van der Waals surface area (Å²) in [6.45, 7) is 7.58. The van der Waals surface area contributed by atoms with Gasteiger partial charge in [-0.15, -0.1) is 0 Å². The lowest BCUT2D eigenvalue weighted by Crippen LogP contribution is -2.54. The van der Waals surface area contributed by atoms with Crippen molar-refractivity contribution in [1.82, 2.24) is 0 Å². The Bertz CT molecular complexity index is 571. The quantitative estimate of drug-likeness (QED) is 0.817. The van der Waals surface area contributed by atoms with Crippen LogP contribution in [0, 0.1) is 0 Å². The van der Waals surface area contributed by atoms with Gasteiger partial charge in [-0.3, -0.25) is 9.69 Å². The Balaban J connectivity index is 2.39. The maximum Gasteiger partial charge on any atom is 0.329 e. The summed E-state index contributed by atoms with van der Waals surface area (Å²) < 4.78 is 5.36. The van der Waals surface area contributed by atoms with Gasteiger partial charge in [-0.2, -0.15) is 0 Å². The van der Waals surface area contributed by atoms with E-state index >= 15 is 0 Å². The fourth-order valence-electron chi connectivity index (χ4n) is 2.91. The first-order chi connectivity index (χ1) is 11.0. The summed E-state index contributed by atoms with van der Waals surface area (Å²) in [5, 5.41) is 3.29. The van der Waals surface area contributed by atoms with Crippen molar-refractivity contribution < 1.29 is 14.3 Å². The van der Waals surface area contributed by atoms with Crippen molar-refractivity contribution >= 4 is 23.3 Å². The summed E-state index contributed by atoms with van der Waals surface area (Å²) in [7, 11) is 0. The van der Waals surface area contributed by atoms with Crippen molar-refractivity contribution in [2.45, 2.75) is 65.1 Å². The number of nitrogens with zero attached hydrogens (tertiary/aromatic N) is 1. The number of benzene rings is 1. The van der Waals surface area contributed by atoms with E-state index in [0.717, 1.165) is 24.2 Å². The van der Waals surface area contributed by atoms with Crippen molar-refractivity contribution in [2.75, 3.05) is 10.2 Å². The number of hydrogen-bond donors (Lipinski definition) is 1. The maximum absolute atomic E-state index is 12.9. The summed E-state index contributed by atoms with van der Waals surface area (Å²) in [4.78, 5) is 27.0. The van der Waals surface area contributed by atoms with Gasteiger partial charge in [0.25, 0.3) is 0 Å². The highest BCUT2D eigenvalue weighted by atomic mass is 16.5. The molecule has 5 heteroatoms. The van der Waals surface area contributed by atoms with Gasteiger partial charge in [0.05, 0.1) is 17.5 Å². The van der Waals surface area contributed by atoms with E-state index in [2.05, 4.69) is 5.32 Å². The summed E-state index contributed by atoms with van der Waals surface area (Å²) in [5.41, 5.74) is 1.64. The third-order valence-electron chi connectivity index (χ3n) is 3.93. The van der Waals surface area contributed by atoms with Crippen molar-refractivity contribution in [1.29, 1.82) is 0 Å². The molecule has 0 aromatic heterocycles. The lowest BCUT2D eigenvalue weighted by molar-refractivity contribution is -0.150. The van der Waals surface area contributed by atoms with E-state index in [-0.39, 0.29) is 24.0 Å². The molecule has 2 unspecified atom stereocenters. The van der Waals surface area contributed by atoms with Gasteiger partial charge >= 0.3 is 5.97 Å². The number of rotatable bonds is 6. The van der Waals surface area contributed by atoms with Gasteiger partial charge < -0.3 is 10.1 Å². The van der Waals surface area contributed by atoms with Crippen LogP contribution in [-0.2, 0) is 14.3 Å². The minimum Gasteiger partial charge on any atom is -0.461 e. The third kappa shape index (κ3) is 3.66. The van der Waals surface area contributed by atoms with E-state index in [1.54, 1.807) is 4.90 Å². The number of nitrogens with one attached hydrogen (secondary N) is 1. The molecule has 1 aliphatic heterocycles. The number of para-hydroxylation sites is 2. The van der Waals surface area contributed by atoms with Crippen molar-refractivity contribution in [3.63, 3.8) is 0 Å². The Labute approximate surface area is 138 Å². The molecule has 0 radical (unpaired) electrons. The predicted octanol–water partition coefficient (Wildman–Crippen LogP) is 3.34. The number of carbonyl (C=O) groups is 2. The van der Waals surface area contributed by atoms with Crippen LogP contribution in [0.5, 0.6) is 0 Å². The number of fused-ring (bicyclic) bond motifs is 1. The van der Waals surface area contributed by atoms with Crippen LogP contribution in [0.25, 0.3) is 0 Å². The molecule has 1 N–H and O–H groups in total. The average molecular weight is 318 g/mol. The third-order valence-corrected chi connectivity index (χ3v) is 3.93. The Hall–Kier alpha value is -2.04. The van der Waals surface area contributed by atoms with E-state index in [1.165, 1.54) is 0 Å². The van der Waals surface area contributed by atoms with Crippen molar-refractivity contribution in [3.05, 3.63) is 24.3 Å². The molecule has 0 saturated carbocycles. The van der Waals surface area contributed by atoms with Crippen LogP contribution in [0.4, 0.5) is 11.4 Å². The Morgan fingerprint density at radius 3 is 2.61 bits per heavy atom. The van der Waals surface area contributed by atoms with Gasteiger partial charge in [-0.1, -0.05) is 32.4 Å². The van der Waals surface area contributed by atoms with E-state index in [4.69, 9.17) is 4.74 Å². The van der Waals surface area contributed by atoms with E-state index in [0.29, 0.717) is 6.42 Å². The normalized spacial score (nSPS) is 18.4. The highest BCUT2D eigenvalue weighted by Crippen LogP contribution is 2.34. The lowest BCUT2D eigenvalue weighted by atomic mass is 10.0. The fourth-order valence-corrected chi connectivity index (χ4v) is 2.91. The number of esters is 1. The highest BCUT2D eigenvalue weighted by molar-refractivity contribution is 6.08. The largest absolute Gasteiger partial charge is 0.461 e. The lowest BCUT2D eigenvalue weighted by Gasteiger charge is -2.39. The van der Waals surface area contributed by atoms with Crippen LogP contribution in [0.3, 0.4) is 0 Å². The molecule has 0 spiro atoms. The molecule has 0 bridgehead atoms. The molecule has 2 rings (SSSR count). The number of hydrogen-bond acceptors (Lipinski definition) is 4. The van der Waals surface area contributed by atoms with Crippen LogP contribution >= 0.6 is 0 Å². The monoisotopic (exact) mass is 318 g/mol. The zero-order valence-electron chi connectivity index (χ0n) is 14.3. The molecule has 0 fully saturated rings. The first kappa shape index (κ1) is 17.3. The molecule has 1 aliphatic rings. The second kappa shape index (κ2) is 7.49. The minimum atomic E-state index is -0.590. The van der Waals surface area contributed by atoms with Crippen molar-refractivity contribution in [2.24, 2.45) is 0 Å². The average Bonchev–Trinajstić information content (AvgIpc) is 2.50. The summed E-state index contributed by atoms with van der Waals surface area (Å²) in [5.74, 6) is -0.402. The van der Waals surface area contributed by atoms with Crippen LogP contribution in [0.15, 0.2) is 24.3 Å². The molecule has 23 heavy (non-hydrogen) atoms. The molecule has 126 valence electrons. The zero-order valence-corrected chi connectivity index (χ0v) is 14.3. The SMILES string of the molecule is CCCC1Nc2ccccc2N(C(CC)C(=O)OC(C)C)C1=O. The molecule has 0 aliphatic carbocycles. The van der Waals surface area contributed by atoms with Crippen LogP contribution in [-0.4, -0.2) is 30.1 Å².